The van der Waals surface area contributed by atoms with Crippen molar-refractivity contribution in [1.82, 2.24) is 4.31 Å². The van der Waals surface area contributed by atoms with E-state index in [0.29, 0.717) is 19.3 Å². The van der Waals surface area contributed by atoms with Gasteiger partial charge in [0.1, 0.15) is 6.29 Å². The van der Waals surface area contributed by atoms with Crippen molar-refractivity contribution in [3.63, 3.8) is 0 Å². The normalized spacial score (nSPS) is 14.4. The highest BCUT2D eigenvalue weighted by Crippen LogP contribution is 2.30. The van der Waals surface area contributed by atoms with E-state index in [1.54, 1.807) is 17.0 Å². The molecule has 0 spiro atoms. The van der Waals surface area contributed by atoms with Gasteiger partial charge in [-0.2, -0.15) is 4.31 Å². The van der Waals surface area contributed by atoms with E-state index < -0.39 is 10.0 Å². The average molecular weight is 296 g/mol. The summed E-state index contributed by atoms with van der Waals surface area (Å²) in [5, 5.41) is 0. The van der Waals surface area contributed by atoms with Gasteiger partial charge in [-0.1, -0.05) is 0 Å². The number of nitrogens with zero attached hydrogens (tertiary/aromatic N) is 2. The maximum absolute atomic E-state index is 12.2. The van der Waals surface area contributed by atoms with Crippen molar-refractivity contribution in [2.75, 3.05) is 25.0 Å². The van der Waals surface area contributed by atoms with Gasteiger partial charge in [-0.25, -0.2) is 8.42 Å². The minimum Gasteiger partial charge on any atom is -0.312 e. The molecule has 2 rings (SSSR count). The number of rotatable bonds is 4. The number of sulfonamides is 1. The van der Waals surface area contributed by atoms with Crippen LogP contribution < -0.4 is 4.90 Å². The molecule has 20 heavy (non-hydrogen) atoms. The molecule has 1 aliphatic heterocycles. The fourth-order valence-corrected chi connectivity index (χ4v) is 3.40. The maximum atomic E-state index is 12.2. The van der Waals surface area contributed by atoms with Crippen molar-refractivity contribution in [2.45, 2.75) is 18.2 Å². The maximum Gasteiger partial charge on any atom is 0.243 e. The van der Waals surface area contributed by atoms with Crippen LogP contribution in [-0.2, 0) is 26.0 Å². The number of hydrogen-bond donors (Lipinski definition) is 0. The molecule has 0 aromatic heterocycles. The van der Waals surface area contributed by atoms with Gasteiger partial charge in [0, 0.05) is 26.2 Å². The van der Waals surface area contributed by atoms with Crippen molar-refractivity contribution in [3.05, 3.63) is 23.8 Å². The van der Waals surface area contributed by atoms with Crippen LogP contribution >= 0.6 is 0 Å². The van der Waals surface area contributed by atoms with Crippen molar-refractivity contribution in [1.29, 1.82) is 0 Å². The number of anilines is 1. The number of likely N-dealkylation sites (N-methyl/N-ethyl adjacent to an activating group) is 1. The highest BCUT2D eigenvalue weighted by atomic mass is 32.2. The molecule has 0 saturated carbocycles. The van der Waals surface area contributed by atoms with Crippen molar-refractivity contribution >= 4 is 27.9 Å². The lowest BCUT2D eigenvalue weighted by Crippen LogP contribution is -2.28. The molecule has 1 aromatic carbocycles. The van der Waals surface area contributed by atoms with E-state index in [1.807, 2.05) is 0 Å². The second-order valence-electron chi connectivity index (χ2n) is 4.66. The van der Waals surface area contributed by atoms with E-state index in [0.717, 1.165) is 15.6 Å². The van der Waals surface area contributed by atoms with Gasteiger partial charge in [-0.15, -0.1) is 0 Å². The van der Waals surface area contributed by atoms with Gasteiger partial charge in [0.25, 0.3) is 0 Å². The van der Waals surface area contributed by atoms with E-state index in [9.17, 15) is 18.0 Å². The Morgan fingerprint density at radius 3 is 2.75 bits per heavy atom. The SMILES string of the molecule is CC(=O)N1CCc2cc(S(=O)(=O)N(C)CC=O)ccc21. The number of carbonyl (C=O) groups is 2. The van der Waals surface area contributed by atoms with Gasteiger partial charge in [-0.3, -0.25) is 4.79 Å². The second-order valence-corrected chi connectivity index (χ2v) is 6.71. The van der Waals surface area contributed by atoms with E-state index >= 15 is 0 Å². The molecule has 0 unspecified atom stereocenters. The number of aldehydes is 1. The smallest absolute Gasteiger partial charge is 0.243 e. The first kappa shape index (κ1) is 14.7. The average Bonchev–Trinajstić information content (AvgIpc) is 2.81. The van der Waals surface area contributed by atoms with Gasteiger partial charge in [0.15, 0.2) is 0 Å². The summed E-state index contributed by atoms with van der Waals surface area (Å²) in [6.45, 7) is 1.87. The van der Waals surface area contributed by atoms with Crippen LogP contribution in [0.2, 0.25) is 0 Å². The second kappa shape index (κ2) is 5.34. The Kier molecular flexibility index (Phi) is 3.92. The summed E-state index contributed by atoms with van der Waals surface area (Å²) in [7, 11) is -2.30. The topological polar surface area (TPSA) is 74.8 Å². The Hall–Kier alpha value is -1.73. The molecule has 7 heteroatoms. The Labute approximate surface area is 118 Å². The standard InChI is InChI=1S/C13H16N2O4S/c1-10(17)15-6-5-11-9-12(3-4-13(11)15)20(18,19)14(2)7-8-16/h3-4,8-9H,5-7H2,1-2H3. The number of carbonyl (C=O) groups excluding carboxylic acids is 2. The Morgan fingerprint density at radius 2 is 2.15 bits per heavy atom. The molecule has 1 aliphatic rings. The molecule has 0 fully saturated rings. The van der Waals surface area contributed by atoms with Crippen LogP contribution in [0.5, 0.6) is 0 Å². The van der Waals surface area contributed by atoms with Crippen LogP contribution in [0.1, 0.15) is 12.5 Å². The largest absolute Gasteiger partial charge is 0.312 e. The summed E-state index contributed by atoms with van der Waals surface area (Å²) in [6, 6.07) is 4.69. The summed E-state index contributed by atoms with van der Waals surface area (Å²) in [5.41, 5.74) is 1.59. The zero-order chi connectivity index (χ0) is 14.9. The molecule has 1 aromatic rings. The van der Waals surface area contributed by atoms with E-state index in [4.69, 9.17) is 0 Å². The lowest BCUT2D eigenvalue weighted by Gasteiger charge is -2.17. The first-order valence-corrected chi connectivity index (χ1v) is 7.63. The number of fused-ring (bicyclic) bond motifs is 1. The lowest BCUT2D eigenvalue weighted by atomic mass is 10.2. The number of amides is 1. The molecular formula is C13H16N2O4S. The molecule has 0 bridgehead atoms. The monoisotopic (exact) mass is 296 g/mol. The third kappa shape index (κ3) is 2.46. The highest BCUT2D eigenvalue weighted by molar-refractivity contribution is 7.89. The predicted molar refractivity (Wildman–Crippen MR) is 74.1 cm³/mol. The summed E-state index contributed by atoms with van der Waals surface area (Å²) >= 11 is 0. The Morgan fingerprint density at radius 1 is 1.45 bits per heavy atom. The van der Waals surface area contributed by atoms with E-state index in [-0.39, 0.29) is 17.3 Å². The van der Waals surface area contributed by atoms with Crippen molar-refractivity contribution in [2.24, 2.45) is 0 Å². The van der Waals surface area contributed by atoms with Crippen molar-refractivity contribution < 1.29 is 18.0 Å². The summed E-state index contributed by atoms with van der Waals surface area (Å²) < 4.78 is 25.4. The fourth-order valence-electron chi connectivity index (χ4n) is 2.25. The third-order valence-corrected chi connectivity index (χ3v) is 5.19. The van der Waals surface area contributed by atoms with E-state index in [2.05, 4.69) is 0 Å². The fraction of sp³-hybridized carbons (Fsp3) is 0.385. The molecule has 0 atom stereocenters. The van der Waals surface area contributed by atoms with Crippen LogP contribution in [0.25, 0.3) is 0 Å². The van der Waals surface area contributed by atoms with Crippen LogP contribution in [0, 0.1) is 0 Å². The van der Waals surface area contributed by atoms with Crippen LogP contribution in [-0.4, -0.2) is 45.1 Å². The minimum absolute atomic E-state index is 0.0579. The van der Waals surface area contributed by atoms with Gasteiger partial charge < -0.3 is 9.69 Å². The highest BCUT2D eigenvalue weighted by Gasteiger charge is 2.26. The van der Waals surface area contributed by atoms with Gasteiger partial charge in [0.05, 0.1) is 11.4 Å². The van der Waals surface area contributed by atoms with Crippen molar-refractivity contribution in [3.8, 4) is 0 Å². The quantitative estimate of drug-likeness (QED) is 0.754. The molecule has 0 aliphatic carbocycles. The summed E-state index contributed by atoms with van der Waals surface area (Å²) in [4.78, 5) is 23.7. The Bertz CT molecular complexity index is 654. The molecule has 6 nitrogen and oxygen atoms in total. The predicted octanol–water partition coefficient (Wildman–Crippen LogP) is 0.415. The molecular weight excluding hydrogens is 280 g/mol. The van der Waals surface area contributed by atoms with Gasteiger partial charge in [0.2, 0.25) is 15.9 Å². The lowest BCUT2D eigenvalue weighted by molar-refractivity contribution is -0.116. The third-order valence-electron chi connectivity index (χ3n) is 3.37. The number of hydrogen-bond acceptors (Lipinski definition) is 4. The molecule has 0 saturated heterocycles. The van der Waals surface area contributed by atoms with Crippen LogP contribution in [0.3, 0.4) is 0 Å². The van der Waals surface area contributed by atoms with Crippen LogP contribution in [0.15, 0.2) is 23.1 Å². The number of benzene rings is 1. The van der Waals surface area contributed by atoms with Crippen LogP contribution in [0.4, 0.5) is 5.69 Å². The summed E-state index contributed by atoms with van der Waals surface area (Å²) in [6.07, 6.45) is 1.18. The minimum atomic E-state index is -3.66. The molecule has 1 heterocycles. The summed E-state index contributed by atoms with van der Waals surface area (Å²) in [5.74, 6) is -0.0579. The zero-order valence-corrected chi connectivity index (χ0v) is 12.2. The first-order chi connectivity index (χ1) is 9.37. The molecule has 0 radical (unpaired) electrons. The van der Waals surface area contributed by atoms with Gasteiger partial charge >= 0.3 is 0 Å². The molecule has 108 valence electrons. The van der Waals surface area contributed by atoms with Gasteiger partial charge in [-0.05, 0) is 30.2 Å². The first-order valence-electron chi connectivity index (χ1n) is 6.19. The molecule has 1 amide bonds. The Balaban J connectivity index is 2.38. The van der Waals surface area contributed by atoms with E-state index in [1.165, 1.54) is 20.0 Å². The molecule has 0 N–H and O–H groups in total. The zero-order valence-electron chi connectivity index (χ0n) is 11.4.